The highest BCUT2D eigenvalue weighted by Gasteiger charge is 2.00. The lowest BCUT2D eigenvalue weighted by molar-refractivity contribution is 0.399. The topological polar surface area (TPSA) is 46.0 Å². The zero-order chi connectivity index (χ0) is 13.3. The summed E-state index contributed by atoms with van der Waals surface area (Å²) >= 11 is 11.7. The molecule has 0 aliphatic carbocycles. The summed E-state index contributed by atoms with van der Waals surface area (Å²) in [6, 6.07) is 0. The van der Waals surface area contributed by atoms with Gasteiger partial charge in [0.1, 0.15) is 11.0 Å². The minimum absolute atomic E-state index is 0.268. The fraction of sp³-hybridized carbons (Fsp3) is 0.333. The van der Waals surface area contributed by atoms with Crippen LogP contribution < -0.4 is 10.6 Å². The molecule has 0 saturated carbocycles. The van der Waals surface area contributed by atoms with Gasteiger partial charge in [-0.3, -0.25) is 0 Å². The van der Waals surface area contributed by atoms with Gasteiger partial charge in [0.25, 0.3) is 0 Å². The van der Waals surface area contributed by atoms with Gasteiger partial charge in [-0.25, -0.2) is 9.97 Å². The van der Waals surface area contributed by atoms with Crippen LogP contribution in [-0.4, -0.2) is 22.2 Å². The highest BCUT2D eigenvalue weighted by Crippen LogP contribution is 1.97. The maximum atomic E-state index is 7.00. The van der Waals surface area contributed by atoms with Gasteiger partial charge in [0, 0.05) is 12.3 Å². The third kappa shape index (κ3) is 4.86. The molecule has 0 aliphatic rings. The Balaban J connectivity index is 0.00000121. The zero-order valence-electron chi connectivity index (χ0n) is 10.1. The summed E-state index contributed by atoms with van der Waals surface area (Å²) in [6.07, 6.45) is 7.60. The van der Waals surface area contributed by atoms with Crippen LogP contribution in [0, 0.1) is 0 Å². The van der Waals surface area contributed by atoms with Crippen LogP contribution in [0.2, 0.25) is 5.15 Å². The molecule has 17 heavy (non-hydrogen) atoms. The van der Waals surface area contributed by atoms with Crippen molar-refractivity contribution in [2.75, 3.05) is 7.11 Å². The molecule has 0 fully saturated rings. The fourth-order valence-corrected chi connectivity index (χ4v) is 1.51. The molecule has 1 aromatic rings. The molecule has 1 N–H and O–H groups in total. The SMILES string of the molecule is CO.C\C=C/C=c1/c(Cl)nc(CCl)n/c1=C/C. The summed E-state index contributed by atoms with van der Waals surface area (Å²) < 4.78 is 0. The summed E-state index contributed by atoms with van der Waals surface area (Å²) in [4.78, 5) is 8.37. The Kier molecular flexibility index (Phi) is 8.68. The van der Waals surface area contributed by atoms with Gasteiger partial charge >= 0.3 is 0 Å². The first-order chi connectivity index (χ1) is 8.22. The lowest BCUT2D eigenvalue weighted by Gasteiger charge is -1.97. The van der Waals surface area contributed by atoms with E-state index in [0.717, 1.165) is 17.7 Å². The second-order valence-electron chi connectivity index (χ2n) is 2.84. The standard InChI is InChI=1S/C11H12Cl2N2.CH4O/c1-3-5-6-8-9(4-2)14-10(7-12)15-11(8)13;1-2/h3-6H,7H2,1-2H3;2H,1H3/b5-3-,8-6+,9-4+;. The van der Waals surface area contributed by atoms with E-state index >= 15 is 0 Å². The summed E-state index contributed by atoms with van der Waals surface area (Å²) in [5, 5.41) is 9.07. The molecule has 0 spiro atoms. The number of nitrogens with zero attached hydrogens (tertiary/aromatic N) is 2. The minimum atomic E-state index is 0.268. The molecule has 0 saturated heterocycles. The van der Waals surface area contributed by atoms with Crippen LogP contribution in [0.15, 0.2) is 12.2 Å². The number of halogens is 2. The van der Waals surface area contributed by atoms with Gasteiger partial charge in [-0.2, -0.15) is 0 Å². The molecular formula is C12H16Cl2N2O. The Morgan fingerprint density at radius 2 is 1.88 bits per heavy atom. The van der Waals surface area contributed by atoms with Crippen molar-refractivity contribution in [3.63, 3.8) is 0 Å². The number of alkyl halides is 1. The van der Waals surface area contributed by atoms with E-state index in [2.05, 4.69) is 9.97 Å². The number of hydrogen-bond acceptors (Lipinski definition) is 3. The normalized spacial score (nSPS) is 12.8. The maximum Gasteiger partial charge on any atom is 0.145 e. The van der Waals surface area contributed by atoms with Crippen molar-refractivity contribution in [1.82, 2.24) is 9.97 Å². The van der Waals surface area contributed by atoms with Gasteiger partial charge in [0.2, 0.25) is 0 Å². The largest absolute Gasteiger partial charge is 0.400 e. The molecular weight excluding hydrogens is 259 g/mol. The lowest BCUT2D eigenvalue weighted by Crippen LogP contribution is -2.31. The van der Waals surface area contributed by atoms with Crippen molar-refractivity contribution in [3.05, 3.63) is 33.7 Å². The van der Waals surface area contributed by atoms with Gasteiger partial charge < -0.3 is 5.11 Å². The Hall–Kier alpha value is -0.900. The van der Waals surface area contributed by atoms with E-state index in [4.69, 9.17) is 28.3 Å². The van der Waals surface area contributed by atoms with E-state index in [0.29, 0.717) is 11.0 Å². The molecule has 0 unspecified atom stereocenters. The van der Waals surface area contributed by atoms with Crippen LogP contribution in [0.1, 0.15) is 19.7 Å². The molecule has 5 heteroatoms. The predicted molar refractivity (Wildman–Crippen MR) is 73.4 cm³/mol. The number of aliphatic hydroxyl groups is 1. The molecule has 0 aliphatic heterocycles. The lowest BCUT2D eigenvalue weighted by atomic mass is 10.3. The second kappa shape index (κ2) is 9.16. The van der Waals surface area contributed by atoms with E-state index in [-0.39, 0.29) is 5.88 Å². The van der Waals surface area contributed by atoms with Gasteiger partial charge in [-0.05, 0) is 13.8 Å². The van der Waals surface area contributed by atoms with Gasteiger partial charge in [-0.1, -0.05) is 35.9 Å². The van der Waals surface area contributed by atoms with E-state index < -0.39 is 0 Å². The van der Waals surface area contributed by atoms with Crippen LogP contribution >= 0.6 is 23.2 Å². The Morgan fingerprint density at radius 1 is 1.24 bits per heavy atom. The van der Waals surface area contributed by atoms with Gasteiger partial charge in [-0.15, -0.1) is 11.6 Å². The van der Waals surface area contributed by atoms with Crippen LogP contribution in [0.5, 0.6) is 0 Å². The summed E-state index contributed by atoms with van der Waals surface area (Å²) in [6.45, 7) is 3.84. The molecule has 0 aromatic carbocycles. The number of hydrogen-bond donors (Lipinski definition) is 1. The quantitative estimate of drug-likeness (QED) is 0.659. The summed E-state index contributed by atoms with van der Waals surface area (Å²) in [5.74, 6) is 0.817. The van der Waals surface area contributed by atoms with Gasteiger partial charge in [0.15, 0.2) is 0 Å². The van der Waals surface area contributed by atoms with Crippen LogP contribution in [0.4, 0.5) is 0 Å². The molecule has 3 nitrogen and oxygen atoms in total. The zero-order valence-corrected chi connectivity index (χ0v) is 11.6. The van der Waals surface area contributed by atoms with Crippen molar-refractivity contribution >= 4 is 35.4 Å². The highest BCUT2D eigenvalue weighted by molar-refractivity contribution is 6.29. The van der Waals surface area contributed by atoms with Crippen LogP contribution in [-0.2, 0) is 5.88 Å². The molecule has 0 atom stereocenters. The Bertz CT molecular complexity index is 484. The minimum Gasteiger partial charge on any atom is -0.400 e. The molecule has 0 bridgehead atoms. The number of allylic oxidation sites excluding steroid dienone is 2. The average molecular weight is 275 g/mol. The first-order valence-corrected chi connectivity index (χ1v) is 5.96. The molecule has 1 aromatic heterocycles. The molecule has 0 amide bonds. The summed E-state index contributed by atoms with van der Waals surface area (Å²) in [7, 11) is 1.00. The van der Waals surface area contributed by atoms with Gasteiger partial charge in [0.05, 0.1) is 11.2 Å². The van der Waals surface area contributed by atoms with E-state index in [1.165, 1.54) is 0 Å². The number of rotatable bonds is 2. The van der Waals surface area contributed by atoms with E-state index in [1.807, 2.05) is 38.2 Å². The predicted octanol–water partition coefficient (Wildman–Crippen LogP) is 1.63. The molecule has 1 rings (SSSR count). The smallest absolute Gasteiger partial charge is 0.145 e. The maximum absolute atomic E-state index is 7.00. The Labute approximate surface area is 111 Å². The fourth-order valence-electron chi connectivity index (χ4n) is 1.13. The average Bonchev–Trinajstić information content (AvgIpc) is 2.38. The first-order valence-electron chi connectivity index (χ1n) is 5.05. The third-order valence-corrected chi connectivity index (χ3v) is 2.35. The second-order valence-corrected chi connectivity index (χ2v) is 3.47. The van der Waals surface area contributed by atoms with Crippen molar-refractivity contribution < 1.29 is 5.11 Å². The van der Waals surface area contributed by atoms with Crippen LogP contribution in [0.25, 0.3) is 12.2 Å². The first kappa shape index (κ1) is 16.1. The van der Waals surface area contributed by atoms with Crippen molar-refractivity contribution in [2.24, 2.45) is 0 Å². The number of aromatic nitrogens is 2. The Morgan fingerprint density at radius 3 is 2.35 bits per heavy atom. The van der Waals surface area contributed by atoms with Crippen molar-refractivity contribution in [3.8, 4) is 0 Å². The van der Waals surface area contributed by atoms with E-state index in [9.17, 15) is 0 Å². The molecule has 0 radical (unpaired) electrons. The molecule has 94 valence electrons. The number of aliphatic hydroxyl groups excluding tert-OH is 1. The monoisotopic (exact) mass is 274 g/mol. The summed E-state index contributed by atoms with van der Waals surface area (Å²) in [5.41, 5.74) is 0. The molecule has 1 heterocycles. The third-order valence-electron chi connectivity index (χ3n) is 1.82. The van der Waals surface area contributed by atoms with E-state index in [1.54, 1.807) is 0 Å². The van der Waals surface area contributed by atoms with Crippen LogP contribution in [0.3, 0.4) is 0 Å². The highest BCUT2D eigenvalue weighted by atomic mass is 35.5. The van der Waals surface area contributed by atoms with Crippen molar-refractivity contribution in [2.45, 2.75) is 19.7 Å². The van der Waals surface area contributed by atoms with Crippen molar-refractivity contribution in [1.29, 1.82) is 0 Å².